The van der Waals surface area contributed by atoms with Crippen molar-refractivity contribution in [1.82, 2.24) is 5.32 Å². The van der Waals surface area contributed by atoms with Crippen molar-refractivity contribution >= 4 is 5.97 Å². The molecule has 1 rings (SSSR count). The van der Waals surface area contributed by atoms with E-state index in [2.05, 4.69) is 19.2 Å². The number of carboxylic acids is 1. The summed E-state index contributed by atoms with van der Waals surface area (Å²) in [7, 11) is 0. The zero-order chi connectivity index (χ0) is 9.90. The van der Waals surface area contributed by atoms with Crippen LogP contribution in [0, 0.1) is 5.41 Å². The quantitative estimate of drug-likeness (QED) is 0.684. The van der Waals surface area contributed by atoms with Crippen molar-refractivity contribution in [2.75, 3.05) is 6.54 Å². The summed E-state index contributed by atoms with van der Waals surface area (Å²) in [5.74, 6) is -0.662. The van der Waals surface area contributed by atoms with E-state index in [9.17, 15) is 4.79 Å². The third-order valence-corrected chi connectivity index (χ3v) is 2.83. The molecule has 1 fully saturated rings. The normalized spacial score (nSPS) is 19.9. The highest BCUT2D eigenvalue weighted by atomic mass is 16.4. The fourth-order valence-electron chi connectivity index (χ4n) is 1.83. The van der Waals surface area contributed by atoms with Gasteiger partial charge in [0.2, 0.25) is 0 Å². The molecule has 0 radical (unpaired) electrons. The lowest BCUT2D eigenvalue weighted by atomic mass is 9.66. The number of hydrogen-bond acceptors (Lipinski definition) is 2. The molecule has 0 aromatic heterocycles. The molecule has 3 heteroatoms. The van der Waals surface area contributed by atoms with Gasteiger partial charge in [-0.15, -0.1) is 0 Å². The Bertz CT molecular complexity index is 185. The summed E-state index contributed by atoms with van der Waals surface area (Å²) in [5.41, 5.74) is 0.0656. The summed E-state index contributed by atoms with van der Waals surface area (Å²) in [5, 5.41) is 12.1. The van der Waals surface area contributed by atoms with Crippen LogP contribution in [0.25, 0.3) is 0 Å². The van der Waals surface area contributed by atoms with E-state index in [4.69, 9.17) is 5.11 Å². The second kappa shape index (κ2) is 4.09. The summed E-state index contributed by atoms with van der Waals surface area (Å²) < 4.78 is 0. The molecular formula is C10H19NO2. The molecule has 1 aliphatic rings. The van der Waals surface area contributed by atoms with E-state index in [0.29, 0.717) is 12.5 Å². The van der Waals surface area contributed by atoms with Gasteiger partial charge in [0.15, 0.2) is 0 Å². The van der Waals surface area contributed by atoms with Crippen molar-refractivity contribution in [2.24, 2.45) is 5.41 Å². The van der Waals surface area contributed by atoms with Crippen LogP contribution in [0.1, 0.15) is 39.5 Å². The van der Waals surface area contributed by atoms with Gasteiger partial charge >= 0.3 is 5.97 Å². The maximum atomic E-state index is 10.6. The van der Waals surface area contributed by atoms with E-state index < -0.39 is 5.97 Å². The first-order valence-electron chi connectivity index (χ1n) is 4.99. The summed E-state index contributed by atoms with van der Waals surface area (Å²) in [6.07, 6.45) is 3.65. The third kappa shape index (κ3) is 2.99. The fraction of sp³-hybridized carbons (Fsp3) is 0.900. The summed E-state index contributed by atoms with van der Waals surface area (Å²) in [4.78, 5) is 10.6. The minimum Gasteiger partial charge on any atom is -0.481 e. The zero-order valence-electron chi connectivity index (χ0n) is 8.47. The number of carboxylic acid groups (broad SMARTS) is 1. The SMILES string of the molecule is CC(C)NCC1(CC(=O)O)CCC1. The van der Waals surface area contributed by atoms with Crippen molar-refractivity contribution in [2.45, 2.75) is 45.6 Å². The second-order valence-corrected chi connectivity index (χ2v) is 4.46. The van der Waals surface area contributed by atoms with Crippen LogP contribution in [0.2, 0.25) is 0 Å². The van der Waals surface area contributed by atoms with Crippen LogP contribution in [0.4, 0.5) is 0 Å². The molecule has 0 amide bonds. The molecule has 1 aliphatic carbocycles. The van der Waals surface area contributed by atoms with Crippen molar-refractivity contribution in [3.8, 4) is 0 Å². The maximum Gasteiger partial charge on any atom is 0.303 e. The molecule has 0 aromatic carbocycles. The predicted molar refractivity (Wildman–Crippen MR) is 51.7 cm³/mol. The standard InChI is InChI=1S/C10H19NO2/c1-8(2)11-7-10(4-3-5-10)6-9(12)13/h8,11H,3-7H2,1-2H3,(H,12,13). The van der Waals surface area contributed by atoms with Gasteiger partial charge in [-0.3, -0.25) is 4.79 Å². The predicted octanol–water partition coefficient (Wildman–Crippen LogP) is 1.63. The first-order valence-corrected chi connectivity index (χ1v) is 4.99. The molecule has 13 heavy (non-hydrogen) atoms. The monoisotopic (exact) mass is 185 g/mol. The summed E-state index contributed by atoms with van der Waals surface area (Å²) >= 11 is 0. The Morgan fingerprint density at radius 2 is 2.15 bits per heavy atom. The highest BCUT2D eigenvalue weighted by molar-refractivity contribution is 5.68. The van der Waals surface area contributed by atoms with Crippen molar-refractivity contribution in [3.05, 3.63) is 0 Å². The lowest BCUT2D eigenvalue weighted by Gasteiger charge is -2.41. The van der Waals surface area contributed by atoms with Crippen LogP contribution in [0.15, 0.2) is 0 Å². The van der Waals surface area contributed by atoms with E-state index in [0.717, 1.165) is 19.4 Å². The molecule has 0 unspecified atom stereocenters. The zero-order valence-corrected chi connectivity index (χ0v) is 8.47. The molecule has 0 aliphatic heterocycles. The second-order valence-electron chi connectivity index (χ2n) is 4.46. The lowest BCUT2D eigenvalue weighted by Crippen LogP contribution is -2.43. The fourth-order valence-corrected chi connectivity index (χ4v) is 1.83. The minimum absolute atomic E-state index is 0.0656. The highest BCUT2D eigenvalue weighted by Crippen LogP contribution is 2.43. The average molecular weight is 185 g/mol. The first-order chi connectivity index (χ1) is 6.04. The topological polar surface area (TPSA) is 49.3 Å². The summed E-state index contributed by atoms with van der Waals surface area (Å²) in [6, 6.07) is 0.450. The van der Waals surface area contributed by atoms with E-state index in [-0.39, 0.29) is 5.41 Å². The van der Waals surface area contributed by atoms with Gasteiger partial charge in [0.05, 0.1) is 6.42 Å². The van der Waals surface area contributed by atoms with Crippen molar-refractivity contribution < 1.29 is 9.90 Å². The molecule has 3 nitrogen and oxygen atoms in total. The van der Waals surface area contributed by atoms with Crippen LogP contribution in [0.5, 0.6) is 0 Å². The first kappa shape index (κ1) is 10.5. The molecule has 0 heterocycles. The minimum atomic E-state index is -0.662. The van der Waals surface area contributed by atoms with Crippen LogP contribution in [-0.4, -0.2) is 23.7 Å². The average Bonchev–Trinajstić information content (AvgIpc) is 1.93. The van der Waals surface area contributed by atoms with Gasteiger partial charge in [-0.05, 0) is 18.3 Å². The smallest absolute Gasteiger partial charge is 0.303 e. The van der Waals surface area contributed by atoms with Crippen LogP contribution in [0.3, 0.4) is 0 Å². The molecule has 76 valence electrons. The number of carbonyl (C=O) groups is 1. The number of aliphatic carboxylic acids is 1. The Morgan fingerprint density at radius 1 is 1.54 bits per heavy atom. The van der Waals surface area contributed by atoms with E-state index in [1.165, 1.54) is 6.42 Å². The van der Waals surface area contributed by atoms with Crippen LogP contribution >= 0.6 is 0 Å². The molecular weight excluding hydrogens is 166 g/mol. The molecule has 0 spiro atoms. The van der Waals surface area contributed by atoms with Gasteiger partial charge in [-0.25, -0.2) is 0 Å². The molecule has 0 aromatic rings. The lowest BCUT2D eigenvalue weighted by molar-refractivity contribution is -0.141. The number of hydrogen-bond donors (Lipinski definition) is 2. The number of nitrogens with one attached hydrogen (secondary N) is 1. The summed E-state index contributed by atoms with van der Waals surface area (Å²) in [6.45, 7) is 5.04. The van der Waals surface area contributed by atoms with Gasteiger partial charge in [-0.1, -0.05) is 20.3 Å². The van der Waals surface area contributed by atoms with Gasteiger partial charge in [0, 0.05) is 12.6 Å². The van der Waals surface area contributed by atoms with Crippen molar-refractivity contribution in [3.63, 3.8) is 0 Å². The Hall–Kier alpha value is -0.570. The van der Waals surface area contributed by atoms with E-state index in [1.807, 2.05) is 0 Å². The molecule has 2 N–H and O–H groups in total. The van der Waals surface area contributed by atoms with Crippen molar-refractivity contribution in [1.29, 1.82) is 0 Å². The molecule has 0 bridgehead atoms. The van der Waals surface area contributed by atoms with Gasteiger partial charge in [0.1, 0.15) is 0 Å². The number of rotatable bonds is 5. The Kier molecular flexibility index (Phi) is 3.31. The molecule has 0 atom stereocenters. The molecule has 1 saturated carbocycles. The maximum absolute atomic E-state index is 10.6. The van der Waals surface area contributed by atoms with Crippen LogP contribution < -0.4 is 5.32 Å². The van der Waals surface area contributed by atoms with E-state index in [1.54, 1.807) is 0 Å². The molecule has 0 saturated heterocycles. The Labute approximate surface area is 79.5 Å². The van der Waals surface area contributed by atoms with Gasteiger partial charge in [-0.2, -0.15) is 0 Å². The van der Waals surface area contributed by atoms with Crippen LogP contribution in [-0.2, 0) is 4.79 Å². The van der Waals surface area contributed by atoms with Gasteiger partial charge < -0.3 is 10.4 Å². The van der Waals surface area contributed by atoms with Gasteiger partial charge in [0.25, 0.3) is 0 Å². The van der Waals surface area contributed by atoms with E-state index >= 15 is 0 Å². The third-order valence-electron chi connectivity index (χ3n) is 2.83. The highest BCUT2D eigenvalue weighted by Gasteiger charge is 2.38. The largest absolute Gasteiger partial charge is 0.481 e. The Balaban J connectivity index is 2.36. The Morgan fingerprint density at radius 3 is 2.46 bits per heavy atom.